The third kappa shape index (κ3) is 2.94. The van der Waals surface area contributed by atoms with Gasteiger partial charge in [-0.2, -0.15) is 17.8 Å². The van der Waals surface area contributed by atoms with Gasteiger partial charge in [0.25, 0.3) is 5.91 Å². The Labute approximate surface area is 121 Å². The topological polar surface area (TPSA) is 84.3 Å². The van der Waals surface area contributed by atoms with E-state index in [2.05, 4.69) is 10.4 Å². The predicted molar refractivity (Wildman–Crippen MR) is 70.4 cm³/mol. The number of carbonyl (C=O) groups excluding carboxylic acids is 1. The molecule has 2 rings (SSSR count). The SMILES string of the molecule is Cc1nn(C)c(C(=O)NCC2CN(S(=O)(=O)F)C2)c1Cl. The Bertz CT molecular complexity index is 639. The molecule has 1 fully saturated rings. The van der Waals surface area contributed by atoms with Crippen LogP contribution in [-0.4, -0.2) is 48.0 Å². The summed E-state index contributed by atoms with van der Waals surface area (Å²) >= 11 is 5.97. The van der Waals surface area contributed by atoms with Crippen molar-refractivity contribution in [3.63, 3.8) is 0 Å². The lowest BCUT2D eigenvalue weighted by Crippen LogP contribution is -2.52. The van der Waals surface area contributed by atoms with Crippen molar-refractivity contribution < 1.29 is 17.1 Å². The second kappa shape index (κ2) is 5.30. The van der Waals surface area contributed by atoms with E-state index < -0.39 is 10.4 Å². The molecule has 1 aromatic heterocycles. The molecule has 0 unspecified atom stereocenters. The van der Waals surface area contributed by atoms with Gasteiger partial charge in [0.05, 0.1) is 10.7 Å². The quantitative estimate of drug-likeness (QED) is 0.805. The lowest BCUT2D eigenvalue weighted by atomic mass is 10.0. The monoisotopic (exact) mass is 324 g/mol. The lowest BCUT2D eigenvalue weighted by Gasteiger charge is -2.35. The van der Waals surface area contributed by atoms with Crippen molar-refractivity contribution in [1.82, 2.24) is 19.4 Å². The minimum atomic E-state index is -4.61. The van der Waals surface area contributed by atoms with Crippen molar-refractivity contribution in [1.29, 1.82) is 0 Å². The zero-order chi connectivity index (χ0) is 15.1. The molecule has 1 saturated heterocycles. The highest BCUT2D eigenvalue weighted by Gasteiger charge is 2.36. The fourth-order valence-electron chi connectivity index (χ4n) is 2.03. The molecule has 0 spiro atoms. The van der Waals surface area contributed by atoms with Crippen LogP contribution in [0.2, 0.25) is 5.02 Å². The number of aromatic nitrogens is 2. The maximum Gasteiger partial charge on any atom is 0.374 e. The highest BCUT2D eigenvalue weighted by molar-refractivity contribution is 7.84. The first-order chi connectivity index (χ1) is 9.20. The number of hydrogen-bond donors (Lipinski definition) is 1. The summed E-state index contributed by atoms with van der Waals surface area (Å²) < 4.78 is 35.8. The van der Waals surface area contributed by atoms with Crippen LogP contribution in [0.5, 0.6) is 0 Å². The smallest absolute Gasteiger partial charge is 0.350 e. The van der Waals surface area contributed by atoms with Gasteiger partial charge in [-0.1, -0.05) is 15.5 Å². The molecule has 112 valence electrons. The molecule has 2 heterocycles. The van der Waals surface area contributed by atoms with Crippen molar-refractivity contribution in [3.8, 4) is 0 Å². The molecule has 10 heteroatoms. The summed E-state index contributed by atoms with van der Waals surface area (Å²) in [5, 5.41) is 6.95. The summed E-state index contributed by atoms with van der Waals surface area (Å²) in [6.07, 6.45) is 0. The second-order valence-corrected chi connectivity index (χ2v) is 6.43. The van der Waals surface area contributed by atoms with Crippen LogP contribution in [0.15, 0.2) is 0 Å². The van der Waals surface area contributed by atoms with Crippen molar-refractivity contribution in [2.24, 2.45) is 13.0 Å². The second-order valence-electron chi connectivity index (χ2n) is 4.71. The summed E-state index contributed by atoms with van der Waals surface area (Å²) in [5.74, 6) is -0.489. The van der Waals surface area contributed by atoms with Crippen LogP contribution < -0.4 is 5.32 Å². The number of hydrogen-bond acceptors (Lipinski definition) is 4. The maximum atomic E-state index is 12.6. The molecule has 1 aliphatic rings. The largest absolute Gasteiger partial charge is 0.374 e. The van der Waals surface area contributed by atoms with Crippen LogP contribution in [0, 0.1) is 12.8 Å². The Hall–Kier alpha value is -1.19. The van der Waals surface area contributed by atoms with Crippen LogP contribution >= 0.6 is 11.6 Å². The van der Waals surface area contributed by atoms with E-state index in [0.717, 1.165) is 0 Å². The normalized spacial score (nSPS) is 17.0. The zero-order valence-corrected chi connectivity index (χ0v) is 12.5. The van der Waals surface area contributed by atoms with E-state index in [1.54, 1.807) is 14.0 Å². The summed E-state index contributed by atoms with van der Waals surface area (Å²) in [5.41, 5.74) is 0.802. The van der Waals surface area contributed by atoms with E-state index in [4.69, 9.17) is 11.6 Å². The highest BCUT2D eigenvalue weighted by atomic mass is 35.5. The number of rotatable bonds is 4. The molecule has 1 aliphatic heterocycles. The minimum absolute atomic E-state index is 0.0667. The number of aryl methyl sites for hydroxylation is 2. The van der Waals surface area contributed by atoms with Crippen LogP contribution in [0.4, 0.5) is 3.89 Å². The zero-order valence-electron chi connectivity index (χ0n) is 10.9. The van der Waals surface area contributed by atoms with Gasteiger partial charge in [0.1, 0.15) is 5.69 Å². The average Bonchev–Trinajstić information content (AvgIpc) is 2.48. The Morgan fingerprint density at radius 1 is 1.55 bits per heavy atom. The fraction of sp³-hybridized carbons (Fsp3) is 0.600. The third-order valence-corrected chi connectivity index (χ3v) is 4.52. The van der Waals surface area contributed by atoms with Crippen LogP contribution in [0.25, 0.3) is 0 Å². The molecule has 0 aromatic carbocycles. The molecule has 1 aromatic rings. The van der Waals surface area contributed by atoms with Gasteiger partial charge in [-0.15, -0.1) is 0 Å². The van der Waals surface area contributed by atoms with Gasteiger partial charge in [-0.25, -0.2) is 0 Å². The van der Waals surface area contributed by atoms with Gasteiger partial charge >= 0.3 is 10.4 Å². The average molecular weight is 325 g/mol. The first-order valence-electron chi connectivity index (χ1n) is 5.87. The first-order valence-corrected chi connectivity index (χ1v) is 7.59. The summed E-state index contributed by atoms with van der Waals surface area (Å²) in [6.45, 7) is 2.08. The van der Waals surface area contributed by atoms with Gasteiger partial charge in [0, 0.05) is 32.6 Å². The molecular formula is C10H14ClFN4O3S. The summed E-state index contributed by atoms with van der Waals surface area (Å²) in [6, 6.07) is 0. The van der Waals surface area contributed by atoms with E-state index in [9.17, 15) is 17.1 Å². The van der Waals surface area contributed by atoms with Gasteiger partial charge in [-0.05, 0) is 6.92 Å². The molecule has 0 atom stereocenters. The van der Waals surface area contributed by atoms with Crippen molar-refractivity contribution in [2.75, 3.05) is 19.6 Å². The fourth-order valence-corrected chi connectivity index (χ4v) is 3.05. The maximum absolute atomic E-state index is 12.6. The molecule has 0 saturated carbocycles. The summed E-state index contributed by atoms with van der Waals surface area (Å²) in [4.78, 5) is 12.0. The van der Waals surface area contributed by atoms with E-state index >= 15 is 0 Å². The summed E-state index contributed by atoms with van der Waals surface area (Å²) in [7, 11) is -3.01. The number of amides is 1. The van der Waals surface area contributed by atoms with Gasteiger partial charge in [0.2, 0.25) is 0 Å². The van der Waals surface area contributed by atoms with Crippen LogP contribution in [0.3, 0.4) is 0 Å². The van der Waals surface area contributed by atoms with E-state index in [1.165, 1.54) is 4.68 Å². The van der Waals surface area contributed by atoms with Crippen molar-refractivity contribution in [2.45, 2.75) is 6.92 Å². The Morgan fingerprint density at radius 3 is 2.60 bits per heavy atom. The van der Waals surface area contributed by atoms with Crippen LogP contribution in [0.1, 0.15) is 16.2 Å². The van der Waals surface area contributed by atoms with E-state index in [0.29, 0.717) is 10.00 Å². The lowest BCUT2D eigenvalue weighted by molar-refractivity contribution is 0.0919. The molecule has 20 heavy (non-hydrogen) atoms. The number of nitrogens with one attached hydrogen (secondary N) is 1. The minimum Gasteiger partial charge on any atom is -0.350 e. The first kappa shape index (κ1) is 15.2. The molecule has 0 radical (unpaired) electrons. The van der Waals surface area contributed by atoms with E-state index in [1.807, 2.05) is 0 Å². The number of nitrogens with zero attached hydrogens (tertiary/aromatic N) is 3. The Balaban J connectivity index is 1.89. The van der Waals surface area contributed by atoms with Crippen molar-refractivity contribution in [3.05, 3.63) is 16.4 Å². The van der Waals surface area contributed by atoms with Gasteiger partial charge < -0.3 is 5.32 Å². The molecule has 1 amide bonds. The predicted octanol–water partition coefficient (Wildman–Crippen LogP) is 0.258. The third-order valence-electron chi connectivity index (χ3n) is 3.15. The highest BCUT2D eigenvalue weighted by Crippen LogP contribution is 2.21. The Kier molecular flexibility index (Phi) is 4.03. The number of carbonyl (C=O) groups is 1. The molecular weight excluding hydrogens is 311 g/mol. The van der Waals surface area contributed by atoms with E-state index in [-0.39, 0.29) is 42.2 Å². The van der Waals surface area contributed by atoms with Crippen LogP contribution in [-0.2, 0) is 17.5 Å². The van der Waals surface area contributed by atoms with Gasteiger partial charge in [0.15, 0.2) is 0 Å². The molecule has 7 nitrogen and oxygen atoms in total. The molecule has 1 N–H and O–H groups in total. The molecule has 0 bridgehead atoms. The standard InChI is InChI=1S/C10H14ClFN4O3S/c1-6-8(11)9(15(2)14-6)10(17)13-3-7-4-16(5-7)20(12,18)19/h7H,3-5H2,1-2H3,(H,13,17). The number of halogens is 2. The Morgan fingerprint density at radius 2 is 2.15 bits per heavy atom. The molecule has 0 aliphatic carbocycles. The van der Waals surface area contributed by atoms with Gasteiger partial charge in [-0.3, -0.25) is 9.48 Å². The van der Waals surface area contributed by atoms with Crippen molar-refractivity contribution >= 4 is 27.9 Å².